The molecule has 1 N–H and O–H groups in total. The molecule has 4 nitrogen and oxygen atoms in total. The Bertz CT molecular complexity index is 203. The first-order chi connectivity index (χ1) is 5.57. The van der Waals surface area contributed by atoms with Crippen LogP contribution in [0.15, 0.2) is 0 Å². The lowest BCUT2D eigenvalue weighted by Gasteiger charge is -2.04. The number of thiocarbonyl (C=S) groups is 1. The van der Waals surface area contributed by atoms with Gasteiger partial charge in [-0.2, -0.15) is 0 Å². The molecule has 0 atom stereocenters. The number of ketones is 1. The summed E-state index contributed by atoms with van der Waals surface area (Å²) in [6.07, 6.45) is 1.50. The van der Waals surface area contributed by atoms with E-state index in [4.69, 9.17) is 12.2 Å². The summed E-state index contributed by atoms with van der Waals surface area (Å²) in [6, 6.07) is 0. The zero-order valence-corrected chi connectivity index (χ0v) is 7.86. The molecular formula is C7H11NO3S. The van der Waals surface area contributed by atoms with Crippen LogP contribution in [0.1, 0.15) is 26.7 Å². The predicted octanol–water partition coefficient (Wildman–Crippen LogP) is 0.751. The fourth-order valence-corrected chi connectivity index (χ4v) is 0.699. The van der Waals surface area contributed by atoms with E-state index >= 15 is 0 Å². The van der Waals surface area contributed by atoms with Gasteiger partial charge in [-0.3, -0.25) is 4.79 Å². The normalized spacial score (nSPS) is 8.83. The number of nitrogens with one attached hydrogen (secondary N) is 1. The van der Waals surface area contributed by atoms with E-state index in [2.05, 4.69) is 10.3 Å². The number of rotatable bonds is 3. The minimum Gasteiger partial charge on any atom is -0.335 e. The zero-order chi connectivity index (χ0) is 9.56. The predicted molar refractivity (Wildman–Crippen MR) is 47.4 cm³/mol. The van der Waals surface area contributed by atoms with Crippen LogP contribution in [0.25, 0.3) is 0 Å². The summed E-state index contributed by atoms with van der Waals surface area (Å²) < 4.78 is 0. The Labute approximate surface area is 76.2 Å². The minimum atomic E-state index is -0.923. The number of hydrogen-bond donors (Lipinski definition) is 1. The molecule has 0 saturated heterocycles. The Morgan fingerprint density at radius 1 is 1.50 bits per heavy atom. The molecule has 0 spiro atoms. The second kappa shape index (κ2) is 5.65. The lowest BCUT2D eigenvalue weighted by molar-refractivity contribution is -0.156. The molecule has 0 aromatic heterocycles. The van der Waals surface area contributed by atoms with Gasteiger partial charge in [0, 0.05) is 13.3 Å². The van der Waals surface area contributed by atoms with Crippen molar-refractivity contribution in [3.8, 4) is 0 Å². The molecule has 0 radical (unpaired) electrons. The van der Waals surface area contributed by atoms with Crippen molar-refractivity contribution >= 4 is 29.0 Å². The third-order valence-electron chi connectivity index (χ3n) is 1.02. The van der Waals surface area contributed by atoms with Crippen molar-refractivity contribution in [3.05, 3.63) is 0 Å². The molecule has 0 saturated carbocycles. The van der Waals surface area contributed by atoms with Crippen molar-refractivity contribution in [1.29, 1.82) is 0 Å². The Morgan fingerprint density at radius 2 is 2.08 bits per heavy atom. The minimum absolute atomic E-state index is 0.423. The highest BCUT2D eigenvalue weighted by Gasteiger charge is 2.09. The van der Waals surface area contributed by atoms with Crippen LogP contribution in [0.2, 0.25) is 0 Å². The van der Waals surface area contributed by atoms with Crippen LogP contribution >= 0.6 is 12.2 Å². The average molecular weight is 189 g/mol. The van der Waals surface area contributed by atoms with Crippen molar-refractivity contribution in [2.45, 2.75) is 26.7 Å². The standard InChI is InChI=1S/C7H11NO3S/c1-3-4-6(12)8-11-7(10)5(2)9/h3-4H2,1-2H3,(H,8,12). The van der Waals surface area contributed by atoms with Gasteiger partial charge >= 0.3 is 5.97 Å². The molecule has 5 heteroatoms. The second-order valence-electron chi connectivity index (χ2n) is 2.22. The van der Waals surface area contributed by atoms with Gasteiger partial charge in [0.05, 0.1) is 0 Å². The molecule has 12 heavy (non-hydrogen) atoms. The van der Waals surface area contributed by atoms with E-state index in [-0.39, 0.29) is 0 Å². The monoisotopic (exact) mass is 189 g/mol. The van der Waals surface area contributed by atoms with Crippen molar-refractivity contribution in [1.82, 2.24) is 5.48 Å². The molecule has 68 valence electrons. The first kappa shape index (κ1) is 11.0. The summed E-state index contributed by atoms with van der Waals surface area (Å²) in [5.41, 5.74) is 2.23. The number of hydroxylamine groups is 1. The van der Waals surface area contributed by atoms with Crippen LogP contribution in [0.5, 0.6) is 0 Å². The van der Waals surface area contributed by atoms with Crippen molar-refractivity contribution < 1.29 is 14.4 Å². The summed E-state index contributed by atoms with van der Waals surface area (Å²) in [7, 11) is 0. The van der Waals surface area contributed by atoms with Crippen LogP contribution in [0.4, 0.5) is 0 Å². The third kappa shape index (κ3) is 4.79. The van der Waals surface area contributed by atoms with E-state index in [0.29, 0.717) is 11.4 Å². The third-order valence-corrected chi connectivity index (χ3v) is 1.31. The fourth-order valence-electron chi connectivity index (χ4n) is 0.453. The Morgan fingerprint density at radius 3 is 2.50 bits per heavy atom. The lowest BCUT2D eigenvalue weighted by Crippen LogP contribution is -2.28. The number of hydrogen-bond acceptors (Lipinski definition) is 4. The smallest absolute Gasteiger partial charge is 0.335 e. The fraction of sp³-hybridized carbons (Fsp3) is 0.571. The van der Waals surface area contributed by atoms with E-state index in [0.717, 1.165) is 13.3 Å². The van der Waals surface area contributed by atoms with Gasteiger partial charge in [-0.15, -0.1) is 0 Å². The van der Waals surface area contributed by atoms with Crippen LogP contribution in [0.3, 0.4) is 0 Å². The van der Waals surface area contributed by atoms with E-state index in [1.807, 2.05) is 6.92 Å². The zero-order valence-electron chi connectivity index (χ0n) is 7.05. The topological polar surface area (TPSA) is 55.4 Å². The van der Waals surface area contributed by atoms with E-state index < -0.39 is 11.8 Å². The van der Waals surface area contributed by atoms with Gasteiger partial charge in [-0.05, 0) is 6.42 Å². The second-order valence-corrected chi connectivity index (χ2v) is 2.71. The number of carbonyl (C=O) groups excluding carboxylic acids is 2. The first-order valence-corrected chi connectivity index (χ1v) is 3.99. The maximum absolute atomic E-state index is 10.6. The molecular weight excluding hydrogens is 178 g/mol. The van der Waals surface area contributed by atoms with Gasteiger partial charge < -0.3 is 4.84 Å². The molecule has 0 aliphatic rings. The molecule has 0 rings (SSSR count). The van der Waals surface area contributed by atoms with E-state index in [1.54, 1.807) is 0 Å². The van der Waals surface area contributed by atoms with Gasteiger partial charge in [0.2, 0.25) is 5.78 Å². The first-order valence-electron chi connectivity index (χ1n) is 3.58. The van der Waals surface area contributed by atoms with Crippen molar-refractivity contribution in [2.75, 3.05) is 0 Å². The van der Waals surface area contributed by atoms with Crippen LogP contribution in [0, 0.1) is 0 Å². The Kier molecular flexibility index (Phi) is 5.19. The molecule has 0 bridgehead atoms. The average Bonchev–Trinajstić information content (AvgIpc) is 2.00. The Balaban J connectivity index is 3.61. The summed E-state index contributed by atoms with van der Waals surface area (Å²) in [5.74, 6) is -1.57. The molecule has 0 aromatic carbocycles. The van der Waals surface area contributed by atoms with Crippen molar-refractivity contribution in [3.63, 3.8) is 0 Å². The maximum atomic E-state index is 10.6. The SMILES string of the molecule is CCCC(=S)NOC(=O)C(C)=O. The molecule has 0 fully saturated rings. The van der Waals surface area contributed by atoms with Gasteiger partial charge in [-0.1, -0.05) is 19.1 Å². The van der Waals surface area contributed by atoms with E-state index in [9.17, 15) is 9.59 Å². The summed E-state index contributed by atoms with van der Waals surface area (Å²) in [4.78, 5) is 25.7. The lowest BCUT2D eigenvalue weighted by atomic mass is 10.3. The molecule has 0 unspecified atom stereocenters. The van der Waals surface area contributed by atoms with Crippen molar-refractivity contribution in [2.24, 2.45) is 0 Å². The van der Waals surface area contributed by atoms with E-state index in [1.165, 1.54) is 0 Å². The highest BCUT2D eigenvalue weighted by molar-refractivity contribution is 7.80. The Hall–Kier alpha value is -0.970. The highest BCUT2D eigenvalue weighted by Crippen LogP contribution is 1.88. The van der Waals surface area contributed by atoms with Gasteiger partial charge in [0.15, 0.2) is 0 Å². The van der Waals surface area contributed by atoms with Crippen LogP contribution in [-0.4, -0.2) is 16.7 Å². The van der Waals surface area contributed by atoms with Gasteiger partial charge in [0.25, 0.3) is 0 Å². The molecule has 0 aliphatic heterocycles. The quantitative estimate of drug-likeness (QED) is 0.403. The summed E-state index contributed by atoms with van der Waals surface area (Å²) in [6.45, 7) is 3.08. The van der Waals surface area contributed by atoms with Crippen LogP contribution < -0.4 is 5.48 Å². The number of carbonyl (C=O) groups is 2. The summed E-state index contributed by atoms with van der Waals surface area (Å²) in [5, 5.41) is 0. The highest BCUT2D eigenvalue weighted by atomic mass is 32.1. The molecule has 0 heterocycles. The van der Waals surface area contributed by atoms with Gasteiger partial charge in [-0.25, -0.2) is 10.3 Å². The van der Waals surface area contributed by atoms with Gasteiger partial charge in [0.1, 0.15) is 4.99 Å². The maximum Gasteiger partial charge on any atom is 0.398 e. The number of Topliss-reactive ketones (excluding diaryl/α,β-unsaturated/α-hetero) is 1. The summed E-state index contributed by atoms with van der Waals surface area (Å²) >= 11 is 4.76. The molecule has 0 aromatic rings. The molecule has 0 amide bonds. The molecule has 0 aliphatic carbocycles. The van der Waals surface area contributed by atoms with Crippen LogP contribution in [-0.2, 0) is 14.4 Å². The largest absolute Gasteiger partial charge is 0.398 e.